The largest absolute Gasteiger partial charge is 0.368 e. The van der Waals surface area contributed by atoms with E-state index in [1.165, 1.54) is 11.8 Å². The zero-order valence-corrected chi connectivity index (χ0v) is 9.56. The number of primary amides is 1. The van der Waals surface area contributed by atoms with Gasteiger partial charge in [-0.25, -0.2) is 0 Å². The molecule has 0 radical (unpaired) electrons. The first kappa shape index (κ1) is 10.6. The molecule has 0 aliphatic carbocycles. The molecule has 1 amide bonds. The molecular weight excluding hydrogens is 250 g/mol. The van der Waals surface area contributed by atoms with Crippen molar-refractivity contribution in [3.05, 3.63) is 34.3 Å². The fourth-order valence-electron chi connectivity index (χ4n) is 1.05. The van der Waals surface area contributed by atoms with Gasteiger partial charge < -0.3 is 5.73 Å². The van der Waals surface area contributed by atoms with E-state index in [0.29, 0.717) is 0 Å². The Hall–Kier alpha value is -0.480. The molecule has 0 fully saturated rings. The average Bonchev–Trinajstić information content (AvgIpc) is 2.09. The molecule has 13 heavy (non-hydrogen) atoms. The van der Waals surface area contributed by atoms with Gasteiger partial charge in [0.15, 0.2) is 0 Å². The predicted molar refractivity (Wildman–Crippen MR) is 59.6 cm³/mol. The van der Waals surface area contributed by atoms with Gasteiger partial charge in [0.25, 0.3) is 0 Å². The van der Waals surface area contributed by atoms with Crippen LogP contribution in [0.2, 0.25) is 0 Å². The fourth-order valence-corrected chi connectivity index (χ4v) is 1.98. The lowest BCUT2D eigenvalue weighted by atomic mass is 10.1. The van der Waals surface area contributed by atoms with E-state index in [2.05, 4.69) is 15.9 Å². The standard InChI is InChI=1S/C9H10BrNOS/c1-13-8(9(11)12)6-2-4-7(10)5-3-6/h2-5,8H,1H3,(H2,11,12). The lowest BCUT2D eigenvalue weighted by molar-refractivity contribution is -0.117. The van der Waals surface area contributed by atoms with Crippen LogP contribution in [0.1, 0.15) is 10.8 Å². The van der Waals surface area contributed by atoms with Gasteiger partial charge in [-0.15, -0.1) is 11.8 Å². The highest BCUT2D eigenvalue weighted by molar-refractivity contribution is 9.10. The molecule has 1 unspecified atom stereocenters. The zero-order valence-electron chi connectivity index (χ0n) is 7.16. The van der Waals surface area contributed by atoms with Crippen molar-refractivity contribution in [2.75, 3.05) is 6.26 Å². The number of hydrogen-bond acceptors (Lipinski definition) is 2. The molecule has 0 bridgehead atoms. The number of nitrogens with two attached hydrogens (primary N) is 1. The van der Waals surface area contributed by atoms with Crippen molar-refractivity contribution < 1.29 is 4.79 Å². The van der Waals surface area contributed by atoms with E-state index in [1.54, 1.807) is 0 Å². The fraction of sp³-hybridized carbons (Fsp3) is 0.222. The first-order valence-electron chi connectivity index (χ1n) is 3.72. The number of carbonyl (C=O) groups is 1. The third-order valence-electron chi connectivity index (χ3n) is 1.67. The Morgan fingerprint density at radius 2 is 2.00 bits per heavy atom. The molecule has 1 atom stereocenters. The molecule has 1 aromatic carbocycles. The van der Waals surface area contributed by atoms with Crippen LogP contribution < -0.4 is 5.73 Å². The first-order chi connectivity index (χ1) is 6.15. The van der Waals surface area contributed by atoms with Gasteiger partial charge in [-0.2, -0.15) is 0 Å². The average molecular weight is 260 g/mol. The van der Waals surface area contributed by atoms with E-state index in [9.17, 15) is 4.79 Å². The lowest BCUT2D eigenvalue weighted by Gasteiger charge is -2.10. The van der Waals surface area contributed by atoms with E-state index in [4.69, 9.17) is 5.73 Å². The summed E-state index contributed by atoms with van der Waals surface area (Å²) >= 11 is 4.78. The van der Waals surface area contributed by atoms with Gasteiger partial charge in [0, 0.05) is 4.47 Å². The third-order valence-corrected chi connectivity index (χ3v) is 3.17. The number of rotatable bonds is 3. The van der Waals surface area contributed by atoms with Gasteiger partial charge in [0.2, 0.25) is 5.91 Å². The molecule has 2 nitrogen and oxygen atoms in total. The summed E-state index contributed by atoms with van der Waals surface area (Å²) in [6, 6.07) is 7.61. The van der Waals surface area contributed by atoms with Crippen molar-refractivity contribution in [3.63, 3.8) is 0 Å². The van der Waals surface area contributed by atoms with E-state index in [0.717, 1.165) is 10.0 Å². The minimum Gasteiger partial charge on any atom is -0.368 e. The van der Waals surface area contributed by atoms with Crippen molar-refractivity contribution in [2.24, 2.45) is 5.73 Å². The summed E-state index contributed by atoms with van der Waals surface area (Å²) < 4.78 is 1.00. The second kappa shape index (κ2) is 4.67. The molecular formula is C9H10BrNOS. The van der Waals surface area contributed by atoms with Crippen LogP contribution in [0.4, 0.5) is 0 Å². The second-order valence-corrected chi connectivity index (χ2v) is 4.43. The van der Waals surface area contributed by atoms with Crippen LogP contribution in [0.5, 0.6) is 0 Å². The highest BCUT2D eigenvalue weighted by Gasteiger charge is 2.15. The van der Waals surface area contributed by atoms with E-state index < -0.39 is 0 Å². The van der Waals surface area contributed by atoms with Crippen molar-refractivity contribution >= 4 is 33.6 Å². The maximum absolute atomic E-state index is 11.0. The number of amides is 1. The maximum atomic E-state index is 11.0. The highest BCUT2D eigenvalue weighted by Crippen LogP contribution is 2.26. The summed E-state index contributed by atoms with van der Waals surface area (Å²) in [7, 11) is 0. The summed E-state index contributed by atoms with van der Waals surface area (Å²) in [6.45, 7) is 0. The Morgan fingerprint density at radius 1 is 1.46 bits per heavy atom. The van der Waals surface area contributed by atoms with Crippen molar-refractivity contribution in [2.45, 2.75) is 5.25 Å². The van der Waals surface area contributed by atoms with Crippen LogP contribution in [0.25, 0.3) is 0 Å². The third kappa shape index (κ3) is 2.74. The minimum absolute atomic E-state index is 0.243. The molecule has 2 N–H and O–H groups in total. The van der Waals surface area contributed by atoms with Crippen molar-refractivity contribution in [1.29, 1.82) is 0 Å². The Kier molecular flexibility index (Phi) is 3.81. The van der Waals surface area contributed by atoms with Gasteiger partial charge in [-0.1, -0.05) is 28.1 Å². The molecule has 70 valence electrons. The number of halogens is 1. The minimum atomic E-state index is -0.296. The Bertz CT molecular complexity index is 299. The molecule has 0 saturated carbocycles. The summed E-state index contributed by atoms with van der Waals surface area (Å²) in [5.74, 6) is -0.296. The molecule has 0 aliphatic heterocycles. The zero-order chi connectivity index (χ0) is 9.84. The first-order valence-corrected chi connectivity index (χ1v) is 5.81. The van der Waals surface area contributed by atoms with Crippen LogP contribution in [-0.2, 0) is 4.79 Å². The lowest BCUT2D eigenvalue weighted by Crippen LogP contribution is -2.18. The second-order valence-electron chi connectivity index (χ2n) is 2.57. The summed E-state index contributed by atoms with van der Waals surface area (Å²) in [6.07, 6.45) is 1.87. The molecule has 0 aliphatic rings. The van der Waals surface area contributed by atoms with E-state index in [-0.39, 0.29) is 11.2 Å². The molecule has 0 saturated heterocycles. The summed E-state index contributed by atoms with van der Waals surface area (Å²) in [5, 5.41) is -0.243. The van der Waals surface area contributed by atoms with Crippen LogP contribution >= 0.6 is 27.7 Å². The maximum Gasteiger partial charge on any atom is 0.235 e. The summed E-state index contributed by atoms with van der Waals surface area (Å²) in [5.41, 5.74) is 6.19. The van der Waals surface area contributed by atoms with E-state index in [1.807, 2.05) is 30.5 Å². The van der Waals surface area contributed by atoms with Gasteiger partial charge in [-0.3, -0.25) is 4.79 Å². The van der Waals surface area contributed by atoms with E-state index >= 15 is 0 Å². The molecule has 4 heteroatoms. The monoisotopic (exact) mass is 259 g/mol. The normalized spacial score (nSPS) is 12.5. The number of benzene rings is 1. The van der Waals surface area contributed by atoms with Crippen LogP contribution in [0, 0.1) is 0 Å². The van der Waals surface area contributed by atoms with Crippen molar-refractivity contribution in [3.8, 4) is 0 Å². The van der Waals surface area contributed by atoms with Gasteiger partial charge >= 0.3 is 0 Å². The molecule has 1 rings (SSSR count). The van der Waals surface area contributed by atoms with Gasteiger partial charge in [-0.05, 0) is 24.0 Å². The van der Waals surface area contributed by atoms with Crippen LogP contribution in [0.15, 0.2) is 28.7 Å². The molecule has 0 heterocycles. The van der Waals surface area contributed by atoms with Gasteiger partial charge in [0.1, 0.15) is 5.25 Å². The predicted octanol–water partition coefficient (Wildman–Crippen LogP) is 2.34. The van der Waals surface area contributed by atoms with Crippen LogP contribution in [0.3, 0.4) is 0 Å². The van der Waals surface area contributed by atoms with Crippen LogP contribution in [-0.4, -0.2) is 12.2 Å². The highest BCUT2D eigenvalue weighted by atomic mass is 79.9. The summed E-state index contributed by atoms with van der Waals surface area (Å²) in [4.78, 5) is 11.0. The quantitative estimate of drug-likeness (QED) is 0.906. The molecule has 0 aromatic heterocycles. The molecule has 1 aromatic rings. The smallest absolute Gasteiger partial charge is 0.235 e. The molecule has 0 spiro atoms. The SMILES string of the molecule is CSC(C(N)=O)c1ccc(Br)cc1. The number of hydrogen-bond donors (Lipinski definition) is 1. The Labute approximate surface area is 90.0 Å². The number of thioether (sulfide) groups is 1. The Morgan fingerprint density at radius 3 is 2.38 bits per heavy atom. The topological polar surface area (TPSA) is 43.1 Å². The Balaban J connectivity index is 2.92. The number of carbonyl (C=O) groups excluding carboxylic acids is 1. The van der Waals surface area contributed by atoms with Gasteiger partial charge in [0.05, 0.1) is 0 Å². The van der Waals surface area contributed by atoms with Crippen molar-refractivity contribution in [1.82, 2.24) is 0 Å².